The van der Waals surface area contributed by atoms with Gasteiger partial charge in [-0.2, -0.15) is 0 Å². The maximum Gasteiger partial charge on any atom is 0.196 e. The molecule has 0 saturated heterocycles. The number of benzene rings is 25. The Labute approximate surface area is 843 Å². The van der Waals surface area contributed by atoms with E-state index in [1.54, 1.807) is 4.90 Å². The highest BCUT2D eigenvalue weighted by Crippen LogP contribution is 2.52. The summed E-state index contributed by atoms with van der Waals surface area (Å²) in [4.78, 5) is 15.3. The molecule has 5 heterocycles. The van der Waals surface area contributed by atoms with Gasteiger partial charge in [-0.05, 0) is 312 Å². The highest BCUT2D eigenvalue weighted by atomic mass is 19.2. The molecule has 0 fully saturated rings. The summed E-state index contributed by atoms with van der Waals surface area (Å²) in [6.45, 7) is 0. The van der Waals surface area contributed by atoms with E-state index < -0.39 is 17.5 Å². The van der Waals surface area contributed by atoms with Crippen molar-refractivity contribution in [1.82, 2.24) is 23.7 Å². The molecule has 30 aromatic rings. The lowest BCUT2D eigenvalue weighted by Gasteiger charge is -2.26. The molecule has 147 heavy (non-hydrogen) atoms. The van der Waals surface area contributed by atoms with Crippen LogP contribution in [0.5, 0.6) is 0 Å². The van der Waals surface area contributed by atoms with E-state index in [1.807, 2.05) is 109 Å². The number of aromatic nitrogens is 5. The van der Waals surface area contributed by atoms with Crippen LogP contribution in [0.1, 0.15) is 0 Å². The quantitative estimate of drug-likeness (QED) is 0.0756. The van der Waals surface area contributed by atoms with Crippen molar-refractivity contribution in [2.75, 3.05) is 14.7 Å². The average molecular weight is 1890 g/mol. The highest BCUT2D eigenvalue weighted by Gasteiger charge is 2.29. The molecule has 0 aliphatic heterocycles. The number of fused-ring (bicyclic) bond motifs is 12. The number of pyridine rings is 2. The van der Waals surface area contributed by atoms with Gasteiger partial charge in [0.15, 0.2) is 17.5 Å². The lowest BCUT2D eigenvalue weighted by atomic mass is 9.88. The second-order valence-corrected chi connectivity index (χ2v) is 37.7. The van der Waals surface area contributed by atoms with Crippen molar-refractivity contribution in [3.63, 3.8) is 0 Å². The van der Waals surface area contributed by atoms with Gasteiger partial charge in [-0.15, -0.1) is 0 Å². The fourth-order valence-electron chi connectivity index (χ4n) is 23.3. The molecule has 0 saturated carbocycles. The first-order valence-electron chi connectivity index (χ1n) is 49.6. The zero-order valence-corrected chi connectivity index (χ0v) is 79.3. The second-order valence-electron chi connectivity index (χ2n) is 37.7. The lowest BCUT2D eigenvalue weighted by Crippen LogP contribution is -2.13. The third-order valence-corrected chi connectivity index (χ3v) is 29.7. The van der Waals surface area contributed by atoms with Crippen LogP contribution in [0.4, 0.5) is 64.6 Å². The Kier molecular flexibility index (Phi) is 20.4. The van der Waals surface area contributed by atoms with Gasteiger partial charge in [0.05, 0.1) is 38.8 Å². The van der Waals surface area contributed by atoms with Crippen LogP contribution in [0.25, 0.3) is 213 Å². The molecule has 0 aliphatic carbocycles. The van der Waals surface area contributed by atoms with Gasteiger partial charge in [0.2, 0.25) is 0 Å². The molecule has 0 spiro atoms. The zero-order valence-electron chi connectivity index (χ0n) is 79.3. The largest absolute Gasteiger partial charge is 0.311 e. The lowest BCUT2D eigenvalue weighted by molar-refractivity contribution is 0.448. The number of para-hydroxylation sites is 9. The fourth-order valence-corrected chi connectivity index (χ4v) is 23.3. The monoisotopic (exact) mass is 1890 g/mol. The van der Waals surface area contributed by atoms with Gasteiger partial charge in [-0.25, -0.2) is 23.1 Å². The summed E-state index contributed by atoms with van der Waals surface area (Å²) in [6, 6.07) is 176. The fraction of sp³-hybridized carbons (Fsp3) is 0. The first kappa shape index (κ1) is 85.5. The normalized spacial score (nSPS) is 11.8. The highest BCUT2D eigenvalue weighted by molar-refractivity contribution is 6.38. The molecule has 8 nitrogen and oxygen atoms in total. The predicted molar refractivity (Wildman–Crippen MR) is 609 cm³/mol. The van der Waals surface area contributed by atoms with Gasteiger partial charge in [0, 0.05) is 95.9 Å². The number of rotatable bonds is 15. The van der Waals surface area contributed by atoms with Crippen LogP contribution in [-0.2, 0) is 0 Å². The number of hydrogen-bond acceptors (Lipinski definition) is 5. The molecule has 0 N–H and O–H groups in total. The molecule has 0 amide bonds. The summed E-state index contributed by atoms with van der Waals surface area (Å²) in [5.74, 6) is -2.31. The standard InChI is InChI=1S/C46H27F3N2.C46H30N2.C44H28N4/c47-38-25-26-40(46(49)45(38)48)50(31-9-3-1-4-10-31)33-20-15-28(16-21-33)34-22-17-29-18-24-37-43-30(19-23-35(34)42(29)43)27-41-44(37)36-13-7-8-14-39(36)51(41)32-11-5-2-6-12-32;1-4-12-34(13-5-1)47(35-14-6-2-7-15-35)37-25-20-31(21-26-37)38-27-22-32-23-29-41-45-33(24-28-39(38)44(32)45)30-43-46(41)40-18-10-11-19-42(40)48(43)36-16-8-3-9-17-36;1-2-10-32(11-3-1)47-38-13-5-4-12-36(38)44-37-25-19-30-18-23-34(35-24-20-31(28-39(44)47)43(37)42(30)35)29-16-21-33(22-17-29)48(40-14-6-8-26-45-40)41-15-7-9-27-46-41/h1-27H;1-30H;1-28H. The molecular formula is C136H85F3N8. The smallest absolute Gasteiger partial charge is 0.196 e. The van der Waals surface area contributed by atoms with Crippen molar-refractivity contribution in [3.05, 3.63) is 533 Å². The van der Waals surface area contributed by atoms with Crippen LogP contribution in [-0.4, -0.2) is 23.7 Å². The summed E-state index contributed by atoms with van der Waals surface area (Å²) in [5.41, 5.74) is 23.2. The van der Waals surface area contributed by atoms with E-state index in [9.17, 15) is 8.78 Å². The number of hydrogen-bond donors (Lipinski definition) is 0. The van der Waals surface area contributed by atoms with E-state index in [-0.39, 0.29) is 5.69 Å². The van der Waals surface area contributed by atoms with E-state index in [2.05, 4.69) is 428 Å². The molecule has 0 unspecified atom stereocenters. The molecule has 0 radical (unpaired) electrons. The van der Waals surface area contributed by atoms with Crippen LogP contribution in [0.2, 0.25) is 0 Å². The average Bonchev–Trinajstić information content (AvgIpc) is 1.60. The van der Waals surface area contributed by atoms with Crippen LogP contribution >= 0.6 is 0 Å². The number of anilines is 9. The predicted octanol–water partition coefficient (Wildman–Crippen LogP) is 37.7. The first-order chi connectivity index (χ1) is 72.7. The van der Waals surface area contributed by atoms with Gasteiger partial charge < -0.3 is 23.5 Å². The van der Waals surface area contributed by atoms with E-state index in [4.69, 9.17) is 0 Å². The maximum atomic E-state index is 15.2. The molecule has 0 atom stereocenters. The SMILES string of the molecule is Fc1ccc(N(c2ccccc2)c2ccc(-c3ccc4ccc5c6c(ccc3c46)cc3c5c4ccccc4n3-c3ccccc3)cc2)c(F)c1F.c1ccc(-n2c3ccccc3c3c4ccc5ccc(-c6ccc(N(c7ccccn7)c7ccccn7)cc6)c6ccc(cc32)c4c56)cc1.c1ccc(N(c2ccccc2)c2ccc(-c3ccc4ccc5c6c(ccc3c46)cc3c5c4ccccc4n3-c3ccccc3)cc2)cc1. The summed E-state index contributed by atoms with van der Waals surface area (Å²) < 4.78 is 50.8. The van der Waals surface area contributed by atoms with Gasteiger partial charge in [0.1, 0.15) is 11.6 Å². The van der Waals surface area contributed by atoms with Crippen molar-refractivity contribution in [2.45, 2.75) is 0 Å². The van der Waals surface area contributed by atoms with Gasteiger partial charge in [-0.3, -0.25) is 4.90 Å². The van der Waals surface area contributed by atoms with Gasteiger partial charge in [-0.1, -0.05) is 322 Å². The van der Waals surface area contributed by atoms with Crippen molar-refractivity contribution in [1.29, 1.82) is 0 Å². The first-order valence-corrected chi connectivity index (χ1v) is 49.6. The van der Waals surface area contributed by atoms with Gasteiger partial charge >= 0.3 is 0 Å². The number of nitrogens with zero attached hydrogens (tertiary/aromatic N) is 8. The molecule has 25 aromatic carbocycles. The molecule has 5 aromatic heterocycles. The Morgan fingerprint density at radius 1 is 0.177 bits per heavy atom. The van der Waals surface area contributed by atoms with E-state index in [1.165, 1.54) is 197 Å². The van der Waals surface area contributed by atoms with Gasteiger partial charge in [0.25, 0.3) is 0 Å². The second kappa shape index (κ2) is 35.0. The topological polar surface area (TPSA) is 50.3 Å². The molecule has 0 bridgehead atoms. The van der Waals surface area contributed by atoms with Crippen molar-refractivity contribution in [3.8, 4) is 50.4 Å². The van der Waals surface area contributed by atoms with E-state index in [0.29, 0.717) is 11.4 Å². The van der Waals surface area contributed by atoms with Crippen LogP contribution in [0, 0.1) is 17.5 Å². The number of halogens is 3. The minimum absolute atomic E-state index is 0.0736. The summed E-state index contributed by atoms with van der Waals surface area (Å²) in [5, 5.41) is 30.3. The van der Waals surface area contributed by atoms with Crippen molar-refractivity contribution >= 4 is 214 Å². The summed E-state index contributed by atoms with van der Waals surface area (Å²) in [6.07, 6.45) is 3.63. The Hall–Kier alpha value is -19.5. The van der Waals surface area contributed by atoms with Crippen molar-refractivity contribution in [2.24, 2.45) is 0 Å². The Morgan fingerprint density at radius 3 is 0.789 bits per heavy atom. The molecule has 30 rings (SSSR count). The Bertz CT molecular complexity index is 9840. The Balaban J connectivity index is 0.000000107. The third kappa shape index (κ3) is 14.1. The summed E-state index contributed by atoms with van der Waals surface area (Å²) in [7, 11) is 0. The summed E-state index contributed by atoms with van der Waals surface area (Å²) >= 11 is 0. The Morgan fingerprint density at radius 2 is 0.449 bits per heavy atom. The minimum Gasteiger partial charge on any atom is -0.311 e. The molecule has 690 valence electrons. The van der Waals surface area contributed by atoms with E-state index >= 15 is 4.39 Å². The minimum atomic E-state index is -1.50. The van der Waals surface area contributed by atoms with Crippen LogP contribution in [0.3, 0.4) is 0 Å². The molecule has 0 aliphatic rings. The molecular weight excluding hydrogens is 1800 g/mol. The maximum absolute atomic E-state index is 15.2. The van der Waals surface area contributed by atoms with Crippen LogP contribution in [0.15, 0.2) is 516 Å². The van der Waals surface area contributed by atoms with Crippen LogP contribution < -0.4 is 14.7 Å². The van der Waals surface area contributed by atoms with E-state index in [0.717, 1.165) is 62.7 Å². The third-order valence-electron chi connectivity index (χ3n) is 29.7. The zero-order chi connectivity index (χ0) is 97.4. The van der Waals surface area contributed by atoms with Crippen molar-refractivity contribution < 1.29 is 13.2 Å². The molecule has 11 heteroatoms.